The van der Waals surface area contributed by atoms with E-state index in [-0.39, 0.29) is 23.0 Å². The number of ether oxygens (including phenoxy) is 1. The molecule has 0 atom stereocenters. The van der Waals surface area contributed by atoms with E-state index >= 15 is 0 Å². The van der Waals surface area contributed by atoms with Crippen molar-refractivity contribution in [3.8, 4) is 11.3 Å². The van der Waals surface area contributed by atoms with E-state index in [1.807, 2.05) is 39.0 Å². The van der Waals surface area contributed by atoms with Crippen LogP contribution in [0, 0.1) is 13.8 Å². The molecule has 2 aromatic carbocycles. The van der Waals surface area contributed by atoms with Crippen LogP contribution < -0.4 is 10.3 Å². The number of methoxy groups -OCH3 is 1. The predicted molar refractivity (Wildman–Crippen MR) is 143 cm³/mol. The summed E-state index contributed by atoms with van der Waals surface area (Å²) in [5.74, 6) is -0.868. The monoisotopic (exact) mass is 541 g/mol. The highest BCUT2D eigenvalue weighted by molar-refractivity contribution is 7.92. The number of carbonyl (C=O) groups is 2. The van der Waals surface area contributed by atoms with Gasteiger partial charge in [-0.3, -0.25) is 14.6 Å². The molecular formula is C26H31N5O6S. The summed E-state index contributed by atoms with van der Waals surface area (Å²) >= 11 is 0. The molecule has 38 heavy (non-hydrogen) atoms. The summed E-state index contributed by atoms with van der Waals surface area (Å²) in [6.45, 7) is 5.94. The van der Waals surface area contributed by atoms with E-state index in [0.717, 1.165) is 33.1 Å². The van der Waals surface area contributed by atoms with E-state index in [2.05, 4.69) is 14.7 Å². The van der Waals surface area contributed by atoms with Crippen molar-refractivity contribution in [3.05, 3.63) is 75.6 Å². The molecule has 0 radical (unpaired) electrons. The lowest BCUT2D eigenvalue weighted by Gasteiger charge is -2.30. The summed E-state index contributed by atoms with van der Waals surface area (Å²) in [5, 5.41) is 2.24. The van der Waals surface area contributed by atoms with Gasteiger partial charge in [0.1, 0.15) is 0 Å². The van der Waals surface area contributed by atoms with Gasteiger partial charge in [-0.1, -0.05) is 37.6 Å². The molecule has 0 saturated carbocycles. The predicted octanol–water partition coefficient (Wildman–Crippen LogP) is 3.71. The smallest absolute Gasteiger partial charge is 0.428 e. The van der Waals surface area contributed by atoms with Crippen LogP contribution in [0.5, 0.6) is 0 Å². The van der Waals surface area contributed by atoms with Gasteiger partial charge in [0, 0.05) is 30.8 Å². The van der Waals surface area contributed by atoms with Crippen molar-refractivity contribution in [1.82, 2.24) is 20.0 Å². The van der Waals surface area contributed by atoms with Crippen molar-refractivity contribution in [2.24, 2.45) is 0 Å². The molecule has 11 nitrogen and oxygen atoms in total. The quantitative estimate of drug-likeness (QED) is 0.414. The summed E-state index contributed by atoms with van der Waals surface area (Å²) in [6, 6.07) is 12.3. The minimum atomic E-state index is -4.25. The Morgan fingerprint density at radius 1 is 1.08 bits per heavy atom. The van der Waals surface area contributed by atoms with Crippen LogP contribution in [0.1, 0.15) is 41.3 Å². The van der Waals surface area contributed by atoms with Gasteiger partial charge in [0.05, 0.1) is 17.7 Å². The molecule has 12 heteroatoms. The molecule has 1 aromatic heterocycles. The van der Waals surface area contributed by atoms with Gasteiger partial charge in [-0.2, -0.15) is 0 Å². The highest BCUT2D eigenvalue weighted by atomic mass is 32.2. The van der Waals surface area contributed by atoms with Gasteiger partial charge in [0.2, 0.25) is 5.95 Å². The summed E-state index contributed by atoms with van der Waals surface area (Å²) in [4.78, 5) is 44.2. The molecule has 2 amide bonds. The lowest BCUT2D eigenvalue weighted by Crippen LogP contribution is -2.47. The molecule has 0 fully saturated rings. The van der Waals surface area contributed by atoms with Crippen molar-refractivity contribution in [2.75, 3.05) is 25.4 Å². The van der Waals surface area contributed by atoms with Crippen LogP contribution in [0.3, 0.4) is 0 Å². The topological polar surface area (TPSA) is 142 Å². The number of benzene rings is 2. The second-order valence-electron chi connectivity index (χ2n) is 8.65. The van der Waals surface area contributed by atoms with Gasteiger partial charge >= 0.3 is 6.09 Å². The maximum absolute atomic E-state index is 13.2. The van der Waals surface area contributed by atoms with Gasteiger partial charge < -0.3 is 4.74 Å². The molecule has 0 saturated heterocycles. The number of amides is 2. The first-order valence-corrected chi connectivity index (χ1v) is 13.4. The fraction of sp³-hybridized carbons (Fsp3) is 0.308. The number of H-pyrrole nitrogens is 1. The molecule has 2 N–H and O–H groups in total. The number of rotatable bonds is 8. The summed E-state index contributed by atoms with van der Waals surface area (Å²) in [5.41, 5.74) is 2.32. The number of sulfonamides is 1. The first-order valence-electron chi connectivity index (χ1n) is 11.9. The Balaban J connectivity index is 1.91. The minimum absolute atomic E-state index is 0.0338. The third kappa shape index (κ3) is 6.38. The van der Waals surface area contributed by atoms with Crippen LogP contribution >= 0.6 is 0 Å². The molecule has 0 bridgehead atoms. The summed E-state index contributed by atoms with van der Waals surface area (Å²) < 4.78 is 33.4. The minimum Gasteiger partial charge on any atom is -0.452 e. The number of unbranched alkanes of at least 4 members (excludes halogenated alkanes) is 1. The fourth-order valence-electron chi connectivity index (χ4n) is 3.91. The standard InChI is InChI=1S/C26H31N5O6S/c1-6-7-14-31(26(34)37-5)30(4)24(33)19-12-9-13-20(15-19)38(35,36)29-25-27-21(16-22(32)28-25)23-17(2)10-8-11-18(23)3/h8-13,15-16H,6-7,14H2,1-5H3,(H2,27,28,29,32). The number of carbonyl (C=O) groups excluding carboxylic acids is 2. The van der Waals surface area contributed by atoms with E-state index in [1.165, 1.54) is 44.5 Å². The summed E-state index contributed by atoms with van der Waals surface area (Å²) in [6.07, 6.45) is 0.714. The number of hydrazine groups is 1. The number of nitrogens with zero attached hydrogens (tertiary/aromatic N) is 3. The number of hydrogen-bond donors (Lipinski definition) is 2. The van der Waals surface area contributed by atoms with Crippen molar-refractivity contribution >= 4 is 28.0 Å². The lowest BCUT2D eigenvalue weighted by atomic mass is 10.00. The molecule has 0 aliphatic heterocycles. The fourth-order valence-corrected chi connectivity index (χ4v) is 4.92. The Bertz CT molecular complexity index is 1480. The first-order chi connectivity index (χ1) is 18.0. The highest BCUT2D eigenvalue weighted by Gasteiger charge is 2.25. The normalized spacial score (nSPS) is 11.1. The number of aromatic nitrogens is 2. The zero-order chi connectivity index (χ0) is 28.0. The maximum Gasteiger partial charge on any atom is 0.428 e. The second-order valence-corrected chi connectivity index (χ2v) is 10.3. The summed E-state index contributed by atoms with van der Waals surface area (Å²) in [7, 11) is -1.63. The van der Waals surface area contributed by atoms with Crippen LogP contribution in [0.25, 0.3) is 11.3 Å². The molecule has 0 aliphatic rings. The van der Waals surface area contributed by atoms with Crippen LogP contribution in [0.15, 0.2) is 58.2 Å². The highest BCUT2D eigenvalue weighted by Crippen LogP contribution is 2.25. The zero-order valence-corrected chi connectivity index (χ0v) is 22.8. The number of nitrogens with one attached hydrogen (secondary N) is 2. The molecular weight excluding hydrogens is 510 g/mol. The van der Waals surface area contributed by atoms with Crippen molar-refractivity contribution in [1.29, 1.82) is 0 Å². The number of aromatic amines is 1. The van der Waals surface area contributed by atoms with Gasteiger partial charge in [-0.15, -0.1) is 0 Å². The molecule has 0 unspecified atom stereocenters. The van der Waals surface area contributed by atoms with E-state index < -0.39 is 27.6 Å². The largest absolute Gasteiger partial charge is 0.452 e. The SMILES string of the molecule is CCCCN(C(=O)OC)N(C)C(=O)c1cccc(S(=O)(=O)Nc2nc(-c3c(C)cccc3C)cc(=O)[nH]2)c1. The average molecular weight is 542 g/mol. The first kappa shape index (κ1) is 28.4. The number of hydrogen-bond acceptors (Lipinski definition) is 7. The Labute approximate surface area is 221 Å². The third-order valence-corrected chi connectivity index (χ3v) is 7.20. The molecule has 202 valence electrons. The van der Waals surface area contributed by atoms with Crippen LogP contribution in [-0.4, -0.2) is 61.1 Å². The Morgan fingerprint density at radius 2 is 1.74 bits per heavy atom. The van der Waals surface area contributed by atoms with Crippen LogP contribution in [0.4, 0.5) is 10.7 Å². The van der Waals surface area contributed by atoms with E-state index in [4.69, 9.17) is 4.74 Å². The average Bonchev–Trinajstić information content (AvgIpc) is 2.87. The van der Waals surface area contributed by atoms with Crippen LogP contribution in [0.2, 0.25) is 0 Å². The van der Waals surface area contributed by atoms with Crippen molar-refractivity contribution < 1.29 is 22.7 Å². The third-order valence-electron chi connectivity index (χ3n) is 5.87. The van der Waals surface area contributed by atoms with Crippen molar-refractivity contribution in [2.45, 2.75) is 38.5 Å². The maximum atomic E-state index is 13.2. The Hall–Kier alpha value is -4.19. The molecule has 1 heterocycles. The molecule has 3 rings (SSSR count). The van der Waals surface area contributed by atoms with Crippen molar-refractivity contribution in [3.63, 3.8) is 0 Å². The second kappa shape index (κ2) is 11.9. The van der Waals surface area contributed by atoms with E-state index in [9.17, 15) is 22.8 Å². The number of anilines is 1. The zero-order valence-electron chi connectivity index (χ0n) is 21.9. The Kier molecular flexibility index (Phi) is 8.89. The number of aryl methyl sites for hydroxylation is 2. The van der Waals surface area contributed by atoms with Gasteiger partial charge in [-0.05, 0) is 49.6 Å². The van der Waals surface area contributed by atoms with Gasteiger partial charge in [0.25, 0.3) is 21.5 Å². The molecule has 0 spiro atoms. The molecule has 3 aromatic rings. The Morgan fingerprint density at radius 3 is 2.37 bits per heavy atom. The van der Waals surface area contributed by atoms with Gasteiger partial charge in [0.15, 0.2) is 0 Å². The molecule has 0 aliphatic carbocycles. The lowest BCUT2D eigenvalue weighted by molar-refractivity contribution is 0.00575. The van der Waals surface area contributed by atoms with Gasteiger partial charge in [-0.25, -0.2) is 32.9 Å². The van der Waals surface area contributed by atoms with E-state index in [1.54, 1.807) is 0 Å². The van der Waals surface area contributed by atoms with Crippen LogP contribution in [-0.2, 0) is 14.8 Å². The van der Waals surface area contributed by atoms with E-state index in [0.29, 0.717) is 12.1 Å².